The lowest BCUT2D eigenvalue weighted by molar-refractivity contribution is -0.130. The van der Waals surface area contributed by atoms with Crippen molar-refractivity contribution in [1.82, 2.24) is 10.2 Å². The van der Waals surface area contributed by atoms with Crippen LogP contribution in [0.15, 0.2) is 16.8 Å². The Morgan fingerprint density at radius 2 is 2.32 bits per heavy atom. The number of hydrogen-bond acceptors (Lipinski definition) is 4. The monoisotopic (exact) mass is 298 g/mol. The molecule has 0 radical (unpaired) electrons. The molecule has 1 aromatic heterocycles. The Balaban J connectivity index is 2.02. The molecule has 1 fully saturated rings. The minimum atomic E-state index is -0.0286. The van der Waals surface area contributed by atoms with Crippen LogP contribution in [0.4, 0.5) is 0 Å². The largest absolute Gasteiger partial charge is 0.356 e. The quantitative estimate of drug-likeness (QED) is 0.907. The molecule has 0 aromatic carbocycles. The zero-order valence-electron chi connectivity index (χ0n) is 11.1. The normalized spacial score (nSPS) is 22.8. The van der Waals surface area contributed by atoms with Crippen molar-refractivity contribution in [2.75, 3.05) is 13.1 Å². The number of nitrogens with one attached hydrogen (secondary N) is 1. The van der Waals surface area contributed by atoms with Gasteiger partial charge in [0, 0.05) is 19.5 Å². The molecule has 1 aliphatic rings. The van der Waals surface area contributed by atoms with Gasteiger partial charge in [0.2, 0.25) is 11.8 Å². The Morgan fingerprint density at radius 1 is 1.53 bits per heavy atom. The molecule has 0 saturated carbocycles. The van der Waals surface area contributed by atoms with E-state index in [1.807, 2.05) is 30.2 Å². The maximum Gasteiger partial charge on any atom is 0.236 e. The smallest absolute Gasteiger partial charge is 0.236 e. The fourth-order valence-corrected chi connectivity index (χ4v) is 4.15. The van der Waals surface area contributed by atoms with Crippen LogP contribution in [0, 0.1) is 0 Å². The highest BCUT2D eigenvalue weighted by molar-refractivity contribution is 8.01. The van der Waals surface area contributed by atoms with Gasteiger partial charge in [0.25, 0.3) is 0 Å². The number of thioether (sulfide) groups is 1. The van der Waals surface area contributed by atoms with Gasteiger partial charge in [-0.3, -0.25) is 9.59 Å². The van der Waals surface area contributed by atoms with E-state index in [9.17, 15) is 9.59 Å². The highest BCUT2D eigenvalue weighted by Crippen LogP contribution is 2.43. The minimum absolute atomic E-state index is 0.00363. The summed E-state index contributed by atoms with van der Waals surface area (Å²) in [6.07, 6.45) is 0.369. The molecule has 0 unspecified atom stereocenters. The number of thiophene rings is 1. The van der Waals surface area contributed by atoms with Crippen LogP contribution in [0.1, 0.15) is 31.2 Å². The van der Waals surface area contributed by atoms with Gasteiger partial charge in [-0.15, -0.1) is 11.8 Å². The Morgan fingerprint density at radius 3 is 2.95 bits per heavy atom. The van der Waals surface area contributed by atoms with Crippen molar-refractivity contribution in [2.45, 2.75) is 30.9 Å². The lowest BCUT2D eigenvalue weighted by atomic mass is 10.2. The van der Waals surface area contributed by atoms with Gasteiger partial charge in [-0.2, -0.15) is 11.3 Å². The van der Waals surface area contributed by atoms with E-state index in [0.717, 1.165) is 5.56 Å². The molecule has 2 amide bonds. The predicted octanol–water partition coefficient (Wildman–Crippen LogP) is 2.24. The summed E-state index contributed by atoms with van der Waals surface area (Å²) in [5.41, 5.74) is 1.16. The third-order valence-corrected chi connectivity index (χ3v) is 5.12. The van der Waals surface area contributed by atoms with E-state index in [-0.39, 0.29) is 22.4 Å². The molecule has 6 heteroatoms. The number of hydrogen-bond donors (Lipinski definition) is 1. The van der Waals surface area contributed by atoms with Gasteiger partial charge in [0.05, 0.1) is 5.25 Å². The second-order valence-electron chi connectivity index (χ2n) is 4.42. The van der Waals surface area contributed by atoms with E-state index >= 15 is 0 Å². The lowest BCUT2D eigenvalue weighted by Crippen LogP contribution is -2.34. The lowest BCUT2D eigenvalue weighted by Gasteiger charge is -2.23. The second-order valence-corrected chi connectivity index (χ2v) is 6.63. The molecule has 0 spiro atoms. The second kappa shape index (κ2) is 6.43. The summed E-state index contributed by atoms with van der Waals surface area (Å²) in [7, 11) is 0. The Kier molecular flexibility index (Phi) is 4.87. The fraction of sp³-hybridized carbons (Fsp3) is 0.538. The van der Waals surface area contributed by atoms with Crippen LogP contribution in [-0.2, 0) is 9.59 Å². The van der Waals surface area contributed by atoms with Crippen molar-refractivity contribution in [1.29, 1.82) is 0 Å². The molecular weight excluding hydrogens is 280 g/mol. The van der Waals surface area contributed by atoms with Gasteiger partial charge in [0.15, 0.2) is 0 Å². The zero-order chi connectivity index (χ0) is 13.8. The van der Waals surface area contributed by atoms with Crippen molar-refractivity contribution in [3.8, 4) is 0 Å². The molecule has 1 aromatic rings. The van der Waals surface area contributed by atoms with Crippen LogP contribution in [-0.4, -0.2) is 35.1 Å². The first-order valence-corrected chi connectivity index (χ1v) is 8.26. The Bertz CT molecular complexity index is 448. The van der Waals surface area contributed by atoms with Gasteiger partial charge < -0.3 is 10.2 Å². The van der Waals surface area contributed by atoms with Crippen molar-refractivity contribution in [3.63, 3.8) is 0 Å². The van der Waals surface area contributed by atoms with Crippen molar-refractivity contribution < 1.29 is 9.59 Å². The standard InChI is InChI=1S/C13H18N2O2S2/c1-3-14-11(16)4-6-15-12(17)9(2)19-13(15)10-5-7-18-8-10/h5,7-9,13H,3-4,6H2,1-2H3,(H,14,16)/t9-,13+/m1/s1. The molecule has 1 N–H and O–H groups in total. The third-order valence-electron chi connectivity index (χ3n) is 3.03. The van der Waals surface area contributed by atoms with E-state index in [1.54, 1.807) is 23.1 Å². The summed E-state index contributed by atoms with van der Waals surface area (Å²) in [6, 6.07) is 2.05. The molecule has 2 heterocycles. The number of amides is 2. The minimum Gasteiger partial charge on any atom is -0.356 e. The topological polar surface area (TPSA) is 49.4 Å². The maximum atomic E-state index is 12.2. The Labute approximate surface area is 121 Å². The summed E-state index contributed by atoms with van der Waals surface area (Å²) in [6.45, 7) is 4.94. The molecule has 2 atom stereocenters. The number of carbonyl (C=O) groups excluding carboxylic acids is 2. The van der Waals surface area contributed by atoms with Crippen LogP contribution < -0.4 is 5.32 Å². The molecule has 1 saturated heterocycles. The highest BCUT2D eigenvalue weighted by atomic mass is 32.2. The molecule has 1 aliphatic heterocycles. The van der Waals surface area contributed by atoms with Crippen LogP contribution >= 0.6 is 23.1 Å². The van der Waals surface area contributed by atoms with Crippen LogP contribution in [0.2, 0.25) is 0 Å². The van der Waals surface area contributed by atoms with E-state index in [4.69, 9.17) is 0 Å². The molecule has 104 valence electrons. The Hall–Kier alpha value is -1.01. The molecule has 4 nitrogen and oxygen atoms in total. The van der Waals surface area contributed by atoms with Gasteiger partial charge >= 0.3 is 0 Å². The van der Waals surface area contributed by atoms with Crippen molar-refractivity contribution in [2.24, 2.45) is 0 Å². The van der Waals surface area contributed by atoms with Crippen LogP contribution in [0.5, 0.6) is 0 Å². The average Bonchev–Trinajstić information content (AvgIpc) is 2.98. The van der Waals surface area contributed by atoms with E-state index in [2.05, 4.69) is 10.7 Å². The summed E-state index contributed by atoms with van der Waals surface area (Å²) >= 11 is 3.29. The molecule has 2 rings (SSSR count). The molecular formula is C13H18N2O2S2. The first kappa shape index (κ1) is 14.4. The summed E-state index contributed by atoms with van der Waals surface area (Å²) in [4.78, 5) is 25.5. The number of rotatable bonds is 5. The summed E-state index contributed by atoms with van der Waals surface area (Å²) in [5.74, 6) is 0.134. The van der Waals surface area contributed by atoms with Gasteiger partial charge in [0.1, 0.15) is 5.37 Å². The average molecular weight is 298 g/mol. The maximum absolute atomic E-state index is 12.2. The molecule has 19 heavy (non-hydrogen) atoms. The summed E-state index contributed by atoms with van der Waals surface area (Å²) < 4.78 is 0. The van der Waals surface area contributed by atoms with E-state index in [1.165, 1.54) is 0 Å². The van der Waals surface area contributed by atoms with Crippen molar-refractivity contribution >= 4 is 34.9 Å². The van der Waals surface area contributed by atoms with E-state index < -0.39 is 0 Å². The van der Waals surface area contributed by atoms with Gasteiger partial charge in [-0.25, -0.2) is 0 Å². The highest BCUT2D eigenvalue weighted by Gasteiger charge is 2.38. The van der Waals surface area contributed by atoms with E-state index in [0.29, 0.717) is 19.5 Å². The molecule has 0 bridgehead atoms. The SMILES string of the molecule is CCNC(=O)CCN1C(=O)[C@@H](C)S[C@H]1c1ccsc1. The van der Waals surface area contributed by atoms with Crippen molar-refractivity contribution in [3.05, 3.63) is 22.4 Å². The number of carbonyl (C=O) groups is 2. The third kappa shape index (κ3) is 3.30. The molecule has 0 aliphatic carbocycles. The van der Waals surface area contributed by atoms with Crippen LogP contribution in [0.3, 0.4) is 0 Å². The zero-order valence-corrected chi connectivity index (χ0v) is 12.7. The van der Waals surface area contributed by atoms with Gasteiger partial charge in [-0.1, -0.05) is 0 Å². The fourth-order valence-electron chi connectivity index (χ4n) is 2.08. The predicted molar refractivity (Wildman–Crippen MR) is 79.1 cm³/mol. The number of nitrogens with zero attached hydrogens (tertiary/aromatic N) is 1. The first-order valence-electron chi connectivity index (χ1n) is 6.38. The van der Waals surface area contributed by atoms with Crippen LogP contribution in [0.25, 0.3) is 0 Å². The summed E-state index contributed by atoms with van der Waals surface area (Å²) in [5, 5.41) is 6.88. The first-order chi connectivity index (χ1) is 9.13. The van der Waals surface area contributed by atoms with Gasteiger partial charge in [-0.05, 0) is 36.2 Å².